The molecule has 0 radical (unpaired) electrons. The molecule has 4 nitrogen and oxygen atoms in total. The van der Waals surface area contributed by atoms with Crippen LogP contribution in [-0.2, 0) is 4.74 Å². The van der Waals surface area contributed by atoms with E-state index in [0.717, 1.165) is 5.69 Å². The number of methoxy groups -OCH3 is 1. The van der Waals surface area contributed by atoms with Crippen LogP contribution < -0.4 is 5.32 Å². The van der Waals surface area contributed by atoms with Gasteiger partial charge in [0, 0.05) is 11.3 Å². The average Bonchev–Trinajstić information content (AvgIpc) is 2.54. The van der Waals surface area contributed by atoms with Crippen LogP contribution in [0.5, 0.6) is 0 Å². The third-order valence-electron chi connectivity index (χ3n) is 3.38. The van der Waals surface area contributed by atoms with Crippen molar-refractivity contribution in [1.29, 1.82) is 0 Å². The Balaban J connectivity index is 2.13. The number of ether oxygens (including phenoxy) is 1. The molecule has 0 aliphatic carbocycles. The van der Waals surface area contributed by atoms with Crippen LogP contribution in [0.15, 0.2) is 48.5 Å². The summed E-state index contributed by atoms with van der Waals surface area (Å²) in [6.07, 6.45) is 0. The number of anilines is 1. The molecule has 22 heavy (non-hydrogen) atoms. The maximum atomic E-state index is 12.2. The summed E-state index contributed by atoms with van der Waals surface area (Å²) in [7, 11) is 1.31. The minimum atomic E-state index is -0.462. The fourth-order valence-corrected chi connectivity index (χ4v) is 2.06. The Morgan fingerprint density at radius 2 is 1.64 bits per heavy atom. The van der Waals surface area contributed by atoms with Gasteiger partial charge >= 0.3 is 5.97 Å². The number of hydrogen-bond acceptors (Lipinski definition) is 3. The summed E-state index contributed by atoms with van der Waals surface area (Å²) in [4.78, 5) is 23.7. The van der Waals surface area contributed by atoms with Gasteiger partial charge in [-0.15, -0.1) is 0 Å². The van der Waals surface area contributed by atoms with E-state index >= 15 is 0 Å². The van der Waals surface area contributed by atoms with Gasteiger partial charge in [0.05, 0.1) is 12.7 Å². The van der Waals surface area contributed by atoms with Gasteiger partial charge in [0.15, 0.2) is 0 Å². The molecule has 0 heterocycles. The number of benzene rings is 2. The molecule has 0 unspecified atom stereocenters. The van der Waals surface area contributed by atoms with Crippen molar-refractivity contribution < 1.29 is 14.3 Å². The first-order valence-corrected chi connectivity index (χ1v) is 7.11. The molecular weight excluding hydrogens is 278 g/mol. The second kappa shape index (κ2) is 6.89. The molecule has 1 amide bonds. The number of hydrogen-bond donors (Lipinski definition) is 1. The van der Waals surface area contributed by atoms with E-state index in [9.17, 15) is 9.59 Å². The number of amides is 1. The maximum Gasteiger partial charge on any atom is 0.337 e. The Bertz CT molecular complexity index is 675. The van der Waals surface area contributed by atoms with Crippen LogP contribution in [0.1, 0.15) is 46.0 Å². The van der Waals surface area contributed by atoms with E-state index in [4.69, 9.17) is 0 Å². The first-order chi connectivity index (χ1) is 10.5. The van der Waals surface area contributed by atoms with Gasteiger partial charge in [0.1, 0.15) is 0 Å². The normalized spacial score (nSPS) is 10.4. The third-order valence-corrected chi connectivity index (χ3v) is 3.38. The van der Waals surface area contributed by atoms with Crippen LogP contribution in [0.25, 0.3) is 0 Å². The second-order valence-corrected chi connectivity index (χ2v) is 5.30. The van der Waals surface area contributed by atoms with Gasteiger partial charge in [0.2, 0.25) is 0 Å². The third kappa shape index (κ3) is 3.73. The van der Waals surface area contributed by atoms with Gasteiger partial charge in [-0.2, -0.15) is 0 Å². The van der Waals surface area contributed by atoms with Gasteiger partial charge in [-0.1, -0.05) is 32.0 Å². The largest absolute Gasteiger partial charge is 0.465 e. The van der Waals surface area contributed by atoms with Crippen LogP contribution in [0.4, 0.5) is 5.69 Å². The van der Waals surface area contributed by atoms with Gasteiger partial charge in [0.25, 0.3) is 5.91 Å². The van der Waals surface area contributed by atoms with Crippen molar-refractivity contribution in [2.24, 2.45) is 0 Å². The maximum absolute atomic E-state index is 12.2. The molecule has 2 rings (SSSR count). The highest BCUT2D eigenvalue weighted by atomic mass is 16.5. The molecule has 2 aromatic carbocycles. The summed E-state index contributed by atoms with van der Waals surface area (Å²) in [6.45, 7) is 4.23. The molecule has 0 spiro atoms. The minimum absolute atomic E-state index is 0.261. The van der Waals surface area contributed by atoms with Crippen LogP contribution >= 0.6 is 0 Å². The number of carbonyl (C=O) groups is 2. The summed E-state index contributed by atoms with van der Waals surface area (Å²) >= 11 is 0. The molecule has 0 aliphatic heterocycles. The van der Waals surface area contributed by atoms with Gasteiger partial charge in [-0.05, 0) is 41.8 Å². The van der Waals surface area contributed by atoms with Crippen molar-refractivity contribution in [3.8, 4) is 0 Å². The minimum Gasteiger partial charge on any atom is -0.465 e. The summed E-state index contributed by atoms with van der Waals surface area (Å²) in [5.74, 6) is -0.277. The second-order valence-electron chi connectivity index (χ2n) is 5.30. The molecule has 2 aromatic rings. The van der Waals surface area contributed by atoms with Gasteiger partial charge < -0.3 is 10.1 Å². The van der Waals surface area contributed by atoms with Crippen LogP contribution in [0.2, 0.25) is 0 Å². The Kier molecular flexibility index (Phi) is 4.94. The van der Waals surface area contributed by atoms with E-state index in [1.807, 2.05) is 24.3 Å². The summed E-state index contributed by atoms with van der Waals surface area (Å²) in [6, 6.07) is 14.2. The Labute approximate surface area is 130 Å². The van der Waals surface area contributed by atoms with Crippen molar-refractivity contribution in [2.75, 3.05) is 12.4 Å². The lowest BCUT2D eigenvalue weighted by Crippen LogP contribution is -2.13. The van der Waals surface area contributed by atoms with E-state index in [2.05, 4.69) is 23.9 Å². The lowest BCUT2D eigenvalue weighted by atomic mass is 10.0. The zero-order valence-electron chi connectivity index (χ0n) is 12.9. The predicted octanol–water partition coefficient (Wildman–Crippen LogP) is 3.85. The summed E-state index contributed by atoms with van der Waals surface area (Å²) in [5, 5.41) is 2.82. The highest BCUT2D eigenvalue weighted by molar-refractivity contribution is 6.05. The summed E-state index contributed by atoms with van der Waals surface area (Å²) < 4.78 is 4.65. The van der Waals surface area contributed by atoms with Crippen LogP contribution in [0.3, 0.4) is 0 Å². The molecule has 114 valence electrons. The molecule has 4 heteroatoms. The molecule has 0 saturated carbocycles. The monoisotopic (exact) mass is 297 g/mol. The molecule has 0 aliphatic rings. The highest BCUT2D eigenvalue weighted by Crippen LogP contribution is 2.18. The quantitative estimate of drug-likeness (QED) is 0.872. The first-order valence-electron chi connectivity index (χ1n) is 7.11. The lowest BCUT2D eigenvalue weighted by molar-refractivity contribution is 0.0600. The lowest BCUT2D eigenvalue weighted by Gasteiger charge is -2.09. The van der Waals surface area contributed by atoms with Crippen LogP contribution in [-0.4, -0.2) is 19.0 Å². The predicted molar refractivity (Wildman–Crippen MR) is 86.3 cm³/mol. The van der Waals surface area contributed by atoms with E-state index in [1.165, 1.54) is 18.7 Å². The summed E-state index contributed by atoms with van der Waals surface area (Å²) in [5.41, 5.74) is 2.70. The van der Waals surface area contributed by atoms with Crippen molar-refractivity contribution in [3.05, 3.63) is 65.2 Å². The number of esters is 1. The standard InChI is InChI=1S/C18H19NO3/c1-12(2)13-7-9-16(10-8-13)19-17(20)14-5-4-6-15(11-14)18(21)22-3/h4-12H,1-3H3,(H,19,20). The number of rotatable bonds is 4. The van der Waals surface area contributed by atoms with Crippen molar-refractivity contribution in [2.45, 2.75) is 19.8 Å². The van der Waals surface area contributed by atoms with E-state index in [-0.39, 0.29) is 5.91 Å². The molecule has 0 saturated heterocycles. The number of nitrogens with one attached hydrogen (secondary N) is 1. The van der Waals surface area contributed by atoms with Crippen molar-refractivity contribution in [3.63, 3.8) is 0 Å². The van der Waals surface area contributed by atoms with E-state index in [0.29, 0.717) is 17.0 Å². The van der Waals surface area contributed by atoms with Crippen LogP contribution in [0, 0.1) is 0 Å². The average molecular weight is 297 g/mol. The number of carbonyl (C=O) groups excluding carboxylic acids is 2. The molecule has 0 aromatic heterocycles. The SMILES string of the molecule is COC(=O)c1cccc(C(=O)Nc2ccc(C(C)C)cc2)c1. The first kappa shape index (κ1) is 15.8. The molecular formula is C18H19NO3. The molecule has 0 bridgehead atoms. The Morgan fingerprint density at radius 1 is 1.00 bits per heavy atom. The van der Waals surface area contributed by atoms with E-state index < -0.39 is 5.97 Å². The zero-order chi connectivity index (χ0) is 16.1. The van der Waals surface area contributed by atoms with E-state index in [1.54, 1.807) is 18.2 Å². The van der Waals surface area contributed by atoms with Crippen molar-refractivity contribution in [1.82, 2.24) is 0 Å². The molecule has 0 fully saturated rings. The smallest absolute Gasteiger partial charge is 0.337 e. The van der Waals surface area contributed by atoms with Gasteiger partial charge in [-0.3, -0.25) is 4.79 Å². The fourth-order valence-electron chi connectivity index (χ4n) is 2.06. The fraction of sp³-hybridized carbons (Fsp3) is 0.222. The van der Waals surface area contributed by atoms with Gasteiger partial charge in [-0.25, -0.2) is 4.79 Å². The molecule has 0 atom stereocenters. The highest BCUT2D eigenvalue weighted by Gasteiger charge is 2.11. The Hall–Kier alpha value is -2.62. The molecule has 1 N–H and O–H groups in total. The zero-order valence-corrected chi connectivity index (χ0v) is 12.9. The Morgan fingerprint density at radius 3 is 2.23 bits per heavy atom. The topological polar surface area (TPSA) is 55.4 Å². The van der Waals surface area contributed by atoms with Crippen molar-refractivity contribution >= 4 is 17.6 Å².